The molecule has 0 atom stereocenters. The van der Waals surface area contributed by atoms with Crippen molar-refractivity contribution in [1.29, 1.82) is 0 Å². The number of amides is 2. The van der Waals surface area contributed by atoms with E-state index in [1.165, 1.54) is 6.92 Å². The zero-order chi connectivity index (χ0) is 21.8. The van der Waals surface area contributed by atoms with E-state index in [2.05, 4.69) is 25.6 Å². The maximum absolute atomic E-state index is 13.2. The monoisotopic (exact) mass is 440 g/mol. The second kappa shape index (κ2) is 9.01. The van der Waals surface area contributed by atoms with Crippen LogP contribution >= 0.6 is 11.6 Å². The predicted octanol–water partition coefficient (Wildman–Crippen LogP) is 3.43. The maximum Gasteiger partial charge on any atom is 0.253 e. The molecule has 1 aliphatic rings. The smallest absolute Gasteiger partial charge is 0.253 e. The number of carbonyl (C=O) groups is 2. The van der Waals surface area contributed by atoms with Gasteiger partial charge in [0.1, 0.15) is 5.65 Å². The molecule has 162 valence electrons. The Balaban J connectivity index is 1.65. The molecule has 3 aromatic heterocycles. The normalized spacial score (nSPS) is 15.9. The lowest BCUT2D eigenvalue weighted by molar-refractivity contribution is -0.121. The zero-order valence-corrected chi connectivity index (χ0v) is 18.2. The van der Waals surface area contributed by atoms with Crippen LogP contribution < -0.4 is 10.6 Å². The highest BCUT2D eigenvalue weighted by atomic mass is 35.5. The van der Waals surface area contributed by atoms with E-state index >= 15 is 0 Å². The van der Waals surface area contributed by atoms with Crippen molar-refractivity contribution in [2.75, 3.05) is 6.54 Å². The summed E-state index contributed by atoms with van der Waals surface area (Å²) in [5.41, 5.74) is 0.475. The van der Waals surface area contributed by atoms with Crippen LogP contribution in [-0.2, 0) is 4.79 Å². The molecule has 0 saturated heterocycles. The average Bonchev–Trinajstić information content (AvgIpc) is 3.01. The molecular weight excluding hydrogens is 416 g/mol. The average molecular weight is 441 g/mol. The molecule has 4 rings (SSSR count). The summed E-state index contributed by atoms with van der Waals surface area (Å²) in [6, 6.07) is 3.37. The van der Waals surface area contributed by atoms with E-state index in [-0.39, 0.29) is 11.8 Å². The first-order chi connectivity index (χ1) is 15.0. The van der Waals surface area contributed by atoms with Crippen molar-refractivity contribution in [3.8, 4) is 5.95 Å². The fourth-order valence-corrected chi connectivity index (χ4v) is 4.57. The Labute approximate surface area is 185 Å². The summed E-state index contributed by atoms with van der Waals surface area (Å²) in [6.45, 7) is 1.88. The van der Waals surface area contributed by atoms with E-state index in [1.807, 2.05) is 0 Å². The number of hydrogen-bond acceptors (Lipinski definition) is 5. The van der Waals surface area contributed by atoms with Crippen molar-refractivity contribution < 1.29 is 9.59 Å². The van der Waals surface area contributed by atoms with Gasteiger partial charge in [0.05, 0.1) is 21.5 Å². The Morgan fingerprint density at radius 2 is 1.81 bits per heavy atom. The van der Waals surface area contributed by atoms with Crippen molar-refractivity contribution in [3.05, 3.63) is 47.5 Å². The molecule has 3 heterocycles. The number of pyridine rings is 1. The molecule has 2 N–H and O–H groups in total. The Morgan fingerprint density at radius 3 is 2.48 bits per heavy atom. The molecule has 0 aromatic carbocycles. The molecular formula is C22H25ClN6O2. The van der Waals surface area contributed by atoms with Crippen LogP contribution in [0.5, 0.6) is 0 Å². The third-order valence-corrected chi connectivity index (χ3v) is 6.05. The lowest BCUT2D eigenvalue weighted by Gasteiger charge is -2.33. The molecule has 3 aromatic rings. The molecule has 0 unspecified atom stereocenters. The first-order valence-corrected chi connectivity index (χ1v) is 10.9. The molecule has 1 fully saturated rings. The molecule has 8 nitrogen and oxygen atoms in total. The van der Waals surface area contributed by atoms with Crippen LogP contribution in [-0.4, -0.2) is 43.4 Å². The van der Waals surface area contributed by atoms with Crippen molar-refractivity contribution in [2.24, 2.45) is 0 Å². The van der Waals surface area contributed by atoms with Gasteiger partial charge in [-0.1, -0.05) is 37.3 Å². The topological polar surface area (TPSA) is 102 Å². The Kier molecular flexibility index (Phi) is 6.18. The first kappa shape index (κ1) is 21.2. The molecule has 1 aliphatic carbocycles. The molecule has 0 radical (unpaired) electrons. The molecule has 0 bridgehead atoms. The minimum absolute atomic E-state index is 0.0822. The van der Waals surface area contributed by atoms with Crippen LogP contribution in [0.3, 0.4) is 0 Å². The maximum atomic E-state index is 13.2. The van der Waals surface area contributed by atoms with Crippen molar-refractivity contribution in [2.45, 2.75) is 51.0 Å². The van der Waals surface area contributed by atoms with E-state index in [1.54, 1.807) is 41.5 Å². The second-order valence-electron chi connectivity index (χ2n) is 8.01. The zero-order valence-electron chi connectivity index (χ0n) is 17.4. The van der Waals surface area contributed by atoms with Gasteiger partial charge in [-0.25, -0.2) is 15.0 Å². The summed E-state index contributed by atoms with van der Waals surface area (Å²) in [6.07, 6.45) is 12.5. The third kappa shape index (κ3) is 4.54. The van der Waals surface area contributed by atoms with Gasteiger partial charge in [0.2, 0.25) is 11.9 Å². The highest BCUT2D eigenvalue weighted by Crippen LogP contribution is 2.30. The Bertz CT molecular complexity index is 1090. The van der Waals surface area contributed by atoms with Gasteiger partial charge >= 0.3 is 0 Å². The molecule has 0 spiro atoms. The van der Waals surface area contributed by atoms with Crippen LogP contribution in [0.2, 0.25) is 5.02 Å². The number of nitrogens with one attached hydrogen (secondary N) is 2. The summed E-state index contributed by atoms with van der Waals surface area (Å²) in [7, 11) is 0. The summed E-state index contributed by atoms with van der Waals surface area (Å²) in [4.78, 5) is 38.0. The number of nitrogens with zero attached hydrogens (tertiary/aromatic N) is 4. The van der Waals surface area contributed by atoms with Crippen LogP contribution in [0.4, 0.5) is 0 Å². The van der Waals surface area contributed by atoms with E-state index in [9.17, 15) is 9.59 Å². The predicted molar refractivity (Wildman–Crippen MR) is 118 cm³/mol. The van der Waals surface area contributed by atoms with Crippen LogP contribution in [0.1, 0.15) is 55.8 Å². The van der Waals surface area contributed by atoms with Crippen molar-refractivity contribution in [1.82, 2.24) is 30.2 Å². The Hall–Kier alpha value is -3.00. The highest BCUT2D eigenvalue weighted by molar-refractivity contribution is 6.36. The van der Waals surface area contributed by atoms with Gasteiger partial charge in [-0.05, 0) is 25.0 Å². The van der Waals surface area contributed by atoms with Gasteiger partial charge in [-0.15, -0.1) is 0 Å². The SMILES string of the molecule is CC(=O)NC1(CNC(=O)c2cn(-c3ncccn3)c3nccc(Cl)c23)CCCCCC1. The molecule has 1 saturated carbocycles. The van der Waals surface area contributed by atoms with Gasteiger partial charge in [-0.2, -0.15) is 0 Å². The van der Waals surface area contributed by atoms with Gasteiger partial charge < -0.3 is 10.6 Å². The minimum Gasteiger partial charge on any atom is -0.350 e. The molecule has 9 heteroatoms. The van der Waals surface area contributed by atoms with Gasteiger partial charge in [0.25, 0.3) is 5.91 Å². The van der Waals surface area contributed by atoms with Crippen molar-refractivity contribution >= 4 is 34.4 Å². The van der Waals surface area contributed by atoms with E-state index in [0.29, 0.717) is 34.1 Å². The largest absolute Gasteiger partial charge is 0.350 e. The van der Waals surface area contributed by atoms with E-state index < -0.39 is 5.54 Å². The van der Waals surface area contributed by atoms with Crippen LogP contribution in [0.15, 0.2) is 36.9 Å². The lowest BCUT2D eigenvalue weighted by atomic mass is 9.89. The van der Waals surface area contributed by atoms with Gasteiger partial charge in [-0.3, -0.25) is 14.2 Å². The number of hydrogen-bond donors (Lipinski definition) is 2. The summed E-state index contributed by atoms with van der Waals surface area (Å²) in [5, 5.41) is 7.11. The highest BCUT2D eigenvalue weighted by Gasteiger charge is 2.32. The van der Waals surface area contributed by atoms with Crippen LogP contribution in [0.25, 0.3) is 17.0 Å². The van der Waals surface area contributed by atoms with Crippen molar-refractivity contribution in [3.63, 3.8) is 0 Å². The second-order valence-corrected chi connectivity index (χ2v) is 8.42. The quantitative estimate of drug-likeness (QED) is 0.592. The summed E-state index contributed by atoms with van der Waals surface area (Å²) < 4.78 is 1.66. The molecule has 2 amide bonds. The number of carbonyl (C=O) groups excluding carboxylic acids is 2. The Morgan fingerprint density at radius 1 is 1.10 bits per heavy atom. The summed E-state index contributed by atoms with van der Waals surface area (Å²) in [5.74, 6) is 0.0459. The summed E-state index contributed by atoms with van der Waals surface area (Å²) >= 11 is 6.44. The lowest BCUT2D eigenvalue weighted by Crippen LogP contribution is -2.54. The molecule has 0 aliphatic heterocycles. The fourth-order valence-electron chi connectivity index (χ4n) is 4.32. The van der Waals surface area contributed by atoms with Gasteiger partial charge in [0, 0.05) is 38.3 Å². The standard InChI is InChI=1S/C22H25ClN6O2/c1-15(30)28-22(8-4-2-3-5-9-22)14-27-20(31)16-13-29(21-25-10-6-11-26-21)19-18(16)17(23)7-12-24-19/h6-7,10-13H,2-5,8-9,14H2,1H3,(H,27,31)(H,28,30). The number of aromatic nitrogens is 4. The fraction of sp³-hybridized carbons (Fsp3) is 0.409. The van der Waals surface area contributed by atoms with Gasteiger partial charge in [0.15, 0.2) is 0 Å². The van der Waals surface area contributed by atoms with Crippen LogP contribution in [0, 0.1) is 0 Å². The molecule has 31 heavy (non-hydrogen) atoms. The third-order valence-electron chi connectivity index (χ3n) is 5.74. The number of rotatable bonds is 5. The minimum atomic E-state index is -0.430. The number of halogens is 1. The van der Waals surface area contributed by atoms with E-state index in [0.717, 1.165) is 38.5 Å². The first-order valence-electron chi connectivity index (χ1n) is 10.5. The number of fused-ring (bicyclic) bond motifs is 1. The van der Waals surface area contributed by atoms with E-state index in [4.69, 9.17) is 11.6 Å².